The Morgan fingerprint density at radius 1 is 0.615 bits per heavy atom. The largest absolute Gasteiger partial charge is 0.308 e. The molecule has 0 aromatic heterocycles. The second-order valence-electron chi connectivity index (χ2n) is 8.51. The van der Waals surface area contributed by atoms with Gasteiger partial charge >= 0.3 is 0 Å². The Morgan fingerprint density at radius 3 is 1.50 bits per heavy atom. The first kappa shape index (κ1) is 23.2. The van der Waals surface area contributed by atoms with Crippen LogP contribution in [0.25, 0.3) is 0 Å². The van der Waals surface area contributed by atoms with Crippen LogP contribution in [-0.2, 0) is 5.54 Å². The summed E-state index contributed by atoms with van der Waals surface area (Å²) >= 11 is 0. The van der Waals surface area contributed by atoms with Crippen molar-refractivity contribution in [3.05, 3.63) is 35.9 Å². The molecule has 0 fully saturated rings. The highest BCUT2D eigenvalue weighted by molar-refractivity contribution is 5.22. The van der Waals surface area contributed by atoms with Crippen molar-refractivity contribution >= 4 is 0 Å². The van der Waals surface area contributed by atoms with Crippen molar-refractivity contribution in [2.75, 3.05) is 6.54 Å². The van der Waals surface area contributed by atoms with E-state index in [-0.39, 0.29) is 5.54 Å². The van der Waals surface area contributed by atoms with E-state index in [4.69, 9.17) is 0 Å². The molecule has 0 saturated carbocycles. The van der Waals surface area contributed by atoms with Gasteiger partial charge in [0.1, 0.15) is 0 Å². The van der Waals surface area contributed by atoms with E-state index < -0.39 is 0 Å². The highest BCUT2D eigenvalue weighted by atomic mass is 14.9. The van der Waals surface area contributed by atoms with Gasteiger partial charge in [-0.05, 0) is 32.4 Å². The van der Waals surface area contributed by atoms with Crippen molar-refractivity contribution in [3.63, 3.8) is 0 Å². The van der Waals surface area contributed by atoms with Crippen LogP contribution in [0.2, 0.25) is 0 Å². The van der Waals surface area contributed by atoms with Gasteiger partial charge in [-0.2, -0.15) is 0 Å². The zero-order chi connectivity index (χ0) is 18.9. The normalized spacial score (nSPS) is 11.8. The third-order valence-corrected chi connectivity index (χ3v) is 5.59. The number of unbranched alkanes of at least 4 members (excludes halogenated alkanes) is 13. The van der Waals surface area contributed by atoms with Gasteiger partial charge < -0.3 is 5.32 Å². The average Bonchev–Trinajstić information content (AvgIpc) is 2.65. The van der Waals surface area contributed by atoms with Crippen LogP contribution in [0.5, 0.6) is 0 Å². The molecule has 0 unspecified atom stereocenters. The molecule has 0 aliphatic carbocycles. The third-order valence-electron chi connectivity index (χ3n) is 5.59. The Balaban J connectivity index is 1.85. The second-order valence-corrected chi connectivity index (χ2v) is 8.51. The SMILES string of the molecule is CCCCCCCCCCCCCCCCNC(C)(C)c1ccccc1. The van der Waals surface area contributed by atoms with E-state index >= 15 is 0 Å². The number of hydrogen-bond acceptors (Lipinski definition) is 1. The third kappa shape index (κ3) is 11.7. The minimum Gasteiger partial charge on any atom is -0.308 e. The van der Waals surface area contributed by atoms with E-state index in [0.717, 1.165) is 6.54 Å². The van der Waals surface area contributed by atoms with E-state index in [0.29, 0.717) is 0 Å². The number of rotatable bonds is 17. The lowest BCUT2D eigenvalue weighted by molar-refractivity contribution is 0.394. The zero-order valence-corrected chi connectivity index (χ0v) is 18.0. The Labute approximate surface area is 164 Å². The van der Waals surface area contributed by atoms with E-state index in [1.54, 1.807) is 0 Å². The molecule has 0 spiro atoms. The predicted octanol–water partition coefficient (Wildman–Crippen LogP) is 7.99. The highest BCUT2D eigenvalue weighted by Gasteiger charge is 2.18. The summed E-state index contributed by atoms with van der Waals surface area (Å²) in [6, 6.07) is 10.8. The molecular formula is C25H45N. The molecule has 0 amide bonds. The first-order valence-corrected chi connectivity index (χ1v) is 11.5. The van der Waals surface area contributed by atoms with Crippen LogP contribution >= 0.6 is 0 Å². The molecule has 150 valence electrons. The molecular weight excluding hydrogens is 314 g/mol. The molecule has 0 aliphatic heterocycles. The van der Waals surface area contributed by atoms with Gasteiger partial charge in [0, 0.05) is 5.54 Å². The van der Waals surface area contributed by atoms with Gasteiger partial charge in [-0.3, -0.25) is 0 Å². The molecule has 0 aliphatic rings. The summed E-state index contributed by atoms with van der Waals surface area (Å²) in [6.07, 6.45) is 20.0. The van der Waals surface area contributed by atoms with Gasteiger partial charge in [-0.1, -0.05) is 121 Å². The van der Waals surface area contributed by atoms with Crippen LogP contribution in [0.15, 0.2) is 30.3 Å². The first-order chi connectivity index (χ1) is 12.7. The molecule has 26 heavy (non-hydrogen) atoms. The Morgan fingerprint density at radius 2 is 1.04 bits per heavy atom. The topological polar surface area (TPSA) is 12.0 Å². The zero-order valence-electron chi connectivity index (χ0n) is 18.0. The van der Waals surface area contributed by atoms with E-state index in [1.165, 1.54) is 95.5 Å². The van der Waals surface area contributed by atoms with Gasteiger partial charge in [-0.25, -0.2) is 0 Å². The fourth-order valence-electron chi connectivity index (χ4n) is 3.68. The van der Waals surface area contributed by atoms with Crippen LogP contribution in [0.1, 0.15) is 116 Å². The molecule has 1 aromatic carbocycles. The maximum absolute atomic E-state index is 3.72. The summed E-state index contributed by atoms with van der Waals surface area (Å²) in [6.45, 7) is 7.99. The van der Waals surface area contributed by atoms with Gasteiger partial charge in [0.2, 0.25) is 0 Å². The lowest BCUT2D eigenvalue weighted by atomic mass is 9.94. The van der Waals surface area contributed by atoms with Crippen LogP contribution in [0, 0.1) is 0 Å². The van der Waals surface area contributed by atoms with Crippen molar-refractivity contribution in [1.82, 2.24) is 5.32 Å². The molecule has 0 heterocycles. The Bertz CT molecular complexity index is 409. The molecule has 1 rings (SSSR count). The van der Waals surface area contributed by atoms with E-state index in [9.17, 15) is 0 Å². The lowest BCUT2D eigenvalue weighted by Gasteiger charge is -2.27. The fraction of sp³-hybridized carbons (Fsp3) is 0.760. The predicted molar refractivity (Wildman–Crippen MR) is 118 cm³/mol. The standard InChI is InChI=1S/C25H45N/c1-4-5-6-7-8-9-10-11-12-13-14-15-16-20-23-26-25(2,3)24-21-18-17-19-22-24/h17-19,21-22,26H,4-16,20,23H2,1-3H3. The van der Waals surface area contributed by atoms with Gasteiger partial charge in [0.05, 0.1) is 0 Å². The summed E-state index contributed by atoms with van der Waals surface area (Å²) in [5.41, 5.74) is 1.46. The molecule has 1 heteroatoms. The smallest absolute Gasteiger partial charge is 0.0377 e. The number of hydrogen-bond donors (Lipinski definition) is 1. The lowest BCUT2D eigenvalue weighted by Crippen LogP contribution is -2.37. The Hall–Kier alpha value is -0.820. The summed E-state index contributed by atoms with van der Waals surface area (Å²) in [4.78, 5) is 0. The van der Waals surface area contributed by atoms with E-state index in [2.05, 4.69) is 56.4 Å². The summed E-state index contributed by atoms with van der Waals surface area (Å²) < 4.78 is 0. The van der Waals surface area contributed by atoms with Gasteiger partial charge in [-0.15, -0.1) is 0 Å². The fourth-order valence-corrected chi connectivity index (χ4v) is 3.68. The highest BCUT2D eigenvalue weighted by Crippen LogP contribution is 2.19. The molecule has 0 radical (unpaired) electrons. The minimum atomic E-state index is 0.0812. The van der Waals surface area contributed by atoms with Crippen molar-refractivity contribution in [2.45, 2.75) is 116 Å². The summed E-state index contributed by atoms with van der Waals surface area (Å²) in [7, 11) is 0. The summed E-state index contributed by atoms with van der Waals surface area (Å²) in [5, 5.41) is 3.72. The van der Waals surface area contributed by atoms with Crippen molar-refractivity contribution in [2.24, 2.45) is 0 Å². The first-order valence-electron chi connectivity index (χ1n) is 11.5. The van der Waals surface area contributed by atoms with Crippen LogP contribution in [0.3, 0.4) is 0 Å². The molecule has 1 N–H and O–H groups in total. The van der Waals surface area contributed by atoms with Crippen molar-refractivity contribution < 1.29 is 0 Å². The number of nitrogens with one attached hydrogen (secondary N) is 1. The van der Waals surface area contributed by atoms with Crippen LogP contribution in [0.4, 0.5) is 0 Å². The monoisotopic (exact) mass is 359 g/mol. The number of benzene rings is 1. The average molecular weight is 360 g/mol. The van der Waals surface area contributed by atoms with E-state index in [1.807, 2.05) is 0 Å². The molecule has 1 nitrogen and oxygen atoms in total. The van der Waals surface area contributed by atoms with Crippen molar-refractivity contribution in [1.29, 1.82) is 0 Å². The van der Waals surface area contributed by atoms with Crippen molar-refractivity contribution in [3.8, 4) is 0 Å². The van der Waals surface area contributed by atoms with Gasteiger partial charge in [0.15, 0.2) is 0 Å². The Kier molecular flexibility index (Phi) is 13.6. The quantitative estimate of drug-likeness (QED) is 0.278. The maximum atomic E-state index is 3.72. The van der Waals surface area contributed by atoms with Gasteiger partial charge in [0.25, 0.3) is 0 Å². The summed E-state index contributed by atoms with van der Waals surface area (Å²) in [5.74, 6) is 0. The maximum Gasteiger partial charge on any atom is 0.0377 e. The second kappa shape index (κ2) is 15.3. The van der Waals surface area contributed by atoms with Crippen LogP contribution in [-0.4, -0.2) is 6.54 Å². The minimum absolute atomic E-state index is 0.0812. The molecule has 1 aromatic rings. The van der Waals surface area contributed by atoms with Crippen LogP contribution < -0.4 is 5.32 Å². The molecule has 0 bridgehead atoms. The molecule has 0 saturated heterocycles. The molecule has 0 atom stereocenters.